The van der Waals surface area contributed by atoms with Crippen molar-refractivity contribution in [1.29, 1.82) is 0 Å². The molecule has 1 fully saturated rings. The highest BCUT2D eigenvalue weighted by Gasteiger charge is 2.47. The van der Waals surface area contributed by atoms with Gasteiger partial charge in [0.05, 0.1) is 11.3 Å². The van der Waals surface area contributed by atoms with Gasteiger partial charge in [-0.25, -0.2) is 19.3 Å². The zero-order chi connectivity index (χ0) is 26.3. The van der Waals surface area contributed by atoms with Crippen LogP contribution in [0.5, 0.6) is 0 Å². The number of rotatable bonds is 6. The predicted octanol–water partition coefficient (Wildman–Crippen LogP) is 2.68. The molecule has 4 N–H and O–H groups in total. The highest BCUT2D eigenvalue weighted by Crippen LogP contribution is 2.43. The van der Waals surface area contributed by atoms with Crippen molar-refractivity contribution in [3.05, 3.63) is 65.0 Å². The first-order chi connectivity index (χ1) is 17.8. The number of aliphatic hydroxyl groups excluding tert-OH is 2. The number of nitrogens with one attached hydrogen (secondary N) is 2. The third-order valence-corrected chi connectivity index (χ3v) is 7.83. The van der Waals surface area contributed by atoms with Crippen LogP contribution in [0.3, 0.4) is 0 Å². The molecule has 0 bridgehead atoms. The summed E-state index contributed by atoms with van der Waals surface area (Å²) in [6, 6.07) is 6.50. The molecule has 1 amide bonds. The number of aromatic nitrogens is 5. The van der Waals surface area contributed by atoms with Crippen LogP contribution in [0.1, 0.15) is 16.5 Å². The minimum absolute atomic E-state index is 0.137. The Morgan fingerprint density at radius 1 is 1.22 bits per heavy atom. The zero-order valence-corrected chi connectivity index (χ0v) is 21.3. The predicted molar refractivity (Wildman–Crippen MR) is 139 cm³/mol. The second-order valence-electron chi connectivity index (χ2n) is 8.60. The van der Waals surface area contributed by atoms with Crippen LogP contribution in [0.25, 0.3) is 22.6 Å². The fraction of sp³-hybridized carbons (Fsp3) is 0.292. The van der Waals surface area contributed by atoms with Crippen molar-refractivity contribution in [3.63, 3.8) is 0 Å². The van der Waals surface area contributed by atoms with E-state index < -0.39 is 28.7 Å². The number of pyridine rings is 1. The number of aliphatic hydroxyl groups is 2. The van der Waals surface area contributed by atoms with Crippen molar-refractivity contribution < 1.29 is 19.4 Å². The number of carbonyl (C=O) groups excluding carboxylic acids is 1. The van der Waals surface area contributed by atoms with E-state index in [-0.39, 0.29) is 18.2 Å². The summed E-state index contributed by atoms with van der Waals surface area (Å²) < 4.78 is 16.0. The van der Waals surface area contributed by atoms with Gasteiger partial charge in [-0.15, -0.1) is 11.8 Å². The van der Waals surface area contributed by atoms with Crippen LogP contribution in [0.2, 0.25) is 5.02 Å². The number of hydrogen-bond acceptors (Lipinski definition) is 9. The first-order valence-corrected chi connectivity index (χ1v) is 12.7. The van der Waals surface area contributed by atoms with Crippen LogP contribution < -0.4 is 10.6 Å². The highest BCUT2D eigenvalue weighted by molar-refractivity contribution is 8.01. The molecule has 1 aromatic carbocycles. The first kappa shape index (κ1) is 25.3. The first-order valence-electron chi connectivity index (χ1n) is 11.3. The molecule has 0 saturated carbocycles. The van der Waals surface area contributed by atoms with E-state index in [1.54, 1.807) is 29.0 Å². The molecule has 0 unspecified atom stereocenters. The summed E-state index contributed by atoms with van der Waals surface area (Å²) in [5.74, 6) is -0.142. The molecule has 192 valence electrons. The summed E-state index contributed by atoms with van der Waals surface area (Å²) in [6.45, 7) is 2.01. The lowest BCUT2D eigenvalue weighted by molar-refractivity contribution is -0.122. The molecule has 4 aromatic rings. The van der Waals surface area contributed by atoms with Gasteiger partial charge in [0.25, 0.3) is 0 Å². The van der Waals surface area contributed by atoms with Gasteiger partial charge in [-0.05, 0) is 19.1 Å². The molecule has 5 rings (SSSR count). The van der Waals surface area contributed by atoms with E-state index in [0.29, 0.717) is 33.1 Å². The molecular formula is C24H23ClFN7O3S. The van der Waals surface area contributed by atoms with Gasteiger partial charge >= 0.3 is 0 Å². The van der Waals surface area contributed by atoms with Gasteiger partial charge in [-0.2, -0.15) is 0 Å². The van der Waals surface area contributed by atoms with Crippen molar-refractivity contribution in [2.45, 2.75) is 36.3 Å². The quantitative estimate of drug-likeness (QED) is 0.289. The third-order valence-electron chi connectivity index (χ3n) is 6.05. The fourth-order valence-electron chi connectivity index (χ4n) is 4.16. The maximum atomic E-state index is 14.4. The van der Waals surface area contributed by atoms with Crippen LogP contribution in [0, 0.1) is 12.7 Å². The summed E-state index contributed by atoms with van der Waals surface area (Å²) in [6.07, 6.45) is 1.97. The molecule has 4 atom stereocenters. The Bertz CT molecular complexity index is 1490. The summed E-state index contributed by atoms with van der Waals surface area (Å²) in [5.41, 5.74) is 2.62. The smallest absolute Gasteiger partial charge is 0.235 e. The molecule has 1 aliphatic heterocycles. The van der Waals surface area contributed by atoms with Crippen LogP contribution in [-0.4, -0.2) is 65.1 Å². The zero-order valence-electron chi connectivity index (χ0n) is 19.8. The average molecular weight is 544 g/mol. The number of benzene rings is 1. The lowest BCUT2D eigenvalue weighted by Crippen LogP contribution is -2.39. The summed E-state index contributed by atoms with van der Waals surface area (Å²) in [5, 5.41) is 25.7. The number of thioether (sulfide) groups is 1. The maximum absolute atomic E-state index is 14.4. The second-order valence-corrected chi connectivity index (χ2v) is 10.3. The van der Waals surface area contributed by atoms with Crippen molar-refractivity contribution in [1.82, 2.24) is 29.8 Å². The number of hydrogen-bond donors (Lipinski definition) is 4. The molecule has 10 nitrogen and oxygen atoms in total. The van der Waals surface area contributed by atoms with Gasteiger partial charge in [0, 0.05) is 37.1 Å². The average Bonchev–Trinajstić information content (AvgIpc) is 3.44. The van der Waals surface area contributed by atoms with Crippen molar-refractivity contribution in [2.24, 2.45) is 0 Å². The van der Waals surface area contributed by atoms with Crippen molar-refractivity contribution in [3.8, 4) is 11.4 Å². The van der Waals surface area contributed by atoms with Crippen LogP contribution in [0.15, 0.2) is 43.0 Å². The Morgan fingerprint density at radius 2 is 2.03 bits per heavy atom. The number of nitrogens with zero attached hydrogens (tertiary/aromatic N) is 5. The van der Waals surface area contributed by atoms with Crippen molar-refractivity contribution in [2.75, 3.05) is 12.4 Å². The largest absolute Gasteiger partial charge is 0.389 e. The Morgan fingerprint density at radius 3 is 2.78 bits per heavy atom. The van der Waals surface area contributed by atoms with Gasteiger partial charge in [0.15, 0.2) is 22.8 Å². The van der Waals surface area contributed by atoms with Gasteiger partial charge < -0.3 is 20.8 Å². The topological polar surface area (TPSA) is 138 Å². The molecule has 0 aliphatic carbocycles. The maximum Gasteiger partial charge on any atom is 0.235 e. The number of fused-ring (bicyclic) bond motifs is 1. The lowest BCUT2D eigenvalue weighted by atomic mass is 10.1. The van der Waals surface area contributed by atoms with E-state index in [4.69, 9.17) is 11.6 Å². The lowest BCUT2D eigenvalue weighted by Gasteiger charge is -2.17. The number of amides is 1. The summed E-state index contributed by atoms with van der Waals surface area (Å²) in [7, 11) is 1.47. The van der Waals surface area contributed by atoms with E-state index in [1.165, 1.54) is 25.6 Å². The summed E-state index contributed by atoms with van der Waals surface area (Å²) >= 11 is 7.24. The minimum Gasteiger partial charge on any atom is -0.389 e. The fourth-order valence-corrected chi connectivity index (χ4v) is 5.80. The highest BCUT2D eigenvalue weighted by atomic mass is 35.5. The summed E-state index contributed by atoms with van der Waals surface area (Å²) in [4.78, 5) is 30.1. The molecule has 0 spiro atoms. The Hall–Kier alpha value is -3.32. The molecule has 1 aliphatic rings. The number of aryl methyl sites for hydroxylation is 1. The van der Waals surface area contributed by atoms with Crippen molar-refractivity contribution >= 4 is 46.3 Å². The standard InChI is InChI=1S/C24H23ClFN7O3S/c1-11-3-4-15(26)12(5-11)8-29-21-16-22(32-20(31-21)13-6-14(25)9-28-7-13)33(10-30-16)24-18(35)17(34)19(37-24)23(36)27-2/h3-7,9-10,17-19,24,34-35H,8H2,1-2H3,(H,27,36)(H,29,31,32)/t17-,18+,19-,24+/m0/s1. The number of halogens is 2. The SMILES string of the molecule is CNC(=O)[C@H]1S[C@@H](n2cnc3c(NCc4cc(C)ccc4F)nc(-c4cncc(Cl)c4)nc32)[C@H](O)[C@@H]1O. The van der Waals surface area contributed by atoms with E-state index >= 15 is 0 Å². The molecule has 3 aromatic heterocycles. The number of carbonyl (C=O) groups is 1. The number of imidazole rings is 1. The normalized spacial score (nSPS) is 21.4. The Balaban J connectivity index is 1.59. The minimum atomic E-state index is -1.28. The van der Waals surface area contributed by atoms with Gasteiger partial charge in [-0.1, -0.05) is 29.3 Å². The number of anilines is 1. The van der Waals surface area contributed by atoms with Gasteiger partial charge in [0.1, 0.15) is 28.6 Å². The van der Waals surface area contributed by atoms with E-state index in [2.05, 4.69) is 30.6 Å². The van der Waals surface area contributed by atoms with E-state index in [9.17, 15) is 19.4 Å². The molecule has 4 heterocycles. The Kier molecular flexibility index (Phi) is 6.99. The molecule has 13 heteroatoms. The molecular weight excluding hydrogens is 521 g/mol. The molecule has 37 heavy (non-hydrogen) atoms. The van der Waals surface area contributed by atoms with E-state index in [0.717, 1.165) is 17.3 Å². The second kappa shape index (κ2) is 10.2. The molecule has 0 radical (unpaired) electrons. The van der Waals surface area contributed by atoms with Crippen LogP contribution in [-0.2, 0) is 11.3 Å². The van der Waals surface area contributed by atoms with Crippen LogP contribution in [0.4, 0.5) is 10.2 Å². The van der Waals surface area contributed by atoms with Gasteiger partial charge in [-0.3, -0.25) is 14.3 Å². The van der Waals surface area contributed by atoms with Gasteiger partial charge in [0.2, 0.25) is 5.91 Å². The third kappa shape index (κ3) is 4.85. The Labute approximate surface area is 220 Å². The van der Waals surface area contributed by atoms with Crippen LogP contribution >= 0.6 is 23.4 Å². The monoisotopic (exact) mass is 543 g/mol. The van der Waals surface area contributed by atoms with E-state index in [1.807, 2.05) is 6.92 Å². The molecule has 1 saturated heterocycles.